The van der Waals surface area contributed by atoms with Crippen molar-refractivity contribution in [1.29, 1.82) is 0 Å². The minimum atomic E-state index is 0.113. The number of morpholine rings is 1. The molecule has 1 aromatic heterocycles. The van der Waals surface area contributed by atoms with Crippen LogP contribution in [0.2, 0.25) is 0 Å². The molecule has 0 aliphatic carbocycles. The van der Waals surface area contributed by atoms with Gasteiger partial charge < -0.3 is 15.0 Å². The van der Waals surface area contributed by atoms with Gasteiger partial charge in [-0.3, -0.25) is 9.48 Å². The predicted octanol–water partition coefficient (Wildman–Crippen LogP) is 0.805. The van der Waals surface area contributed by atoms with E-state index in [9.17, 15) is 4.79 Å². The van der Waals surface area contributed by atoms with E-state index in [0.29, 0.717) is 19.6 Å². The third-order valence-electron chi connectivity index (χ3n) is 3.60. The Morgan fingerprint density at radius 2 is 2.14 bits per heavy atom. The summed E-state index contributed by atoms with van der Waals surface area (Å²) < 4.78 is 7.55. The van der Waals surface area contributed by atoms with Crippen molar-refractivity contribution < 1.29 is 9.53 Å². The summed E-state index contributed by atoms with van der Waals surface area (Å²) in [5.74, 6) is 0.139. The highest BCUT2D eigenvalue weighted by molar-refractivity contribution is 5.78. The maximum Gasteiger partial charge on any atom is 0.236 e. The van der Waals surface area contributed by atoms with Crippen molar-refractivity contribution in [2.24, 2.45) is 0 Å². The number of carbonyl (C=O) groups is 1. The van der Waals surface area contributed by atoms with Crippen LogP contribution >= 0.6 is 0 Å². The van der Waals surface area contributed by atoms with Crippen LogP contribution in [0.5, 0.6) is 0 Å². The highest BCUT2D eigenvalue weighted by Gasteiger charge is 2.25. The Bertz CT molecular complexity index is 464. The summed E-state index contributed by atoms with van der Waals surface area (Å²) in [6, 6.07) is 0.198. The summed E-state index contributed by atoms with van der Waals surface area (Å²) in [5.41, 5.74) is 1.15. The average Bonchev–Trinajstić information content (AvgIpc) is 2.80. The lowest BCUT2D eigenvalue weighted by atomic mass is 10.2. The van der Waals surface area contributed by atoms with Gasteiger partial charge in [-0.15, -0.1) is 0 Å². The number of ether oxygens (including phenoxy) is 1. The minimum Gasteiger partial charge on any atom is -0.372 e. The van der Waals surface area contributed by atoms with Crippen LogP contribution in [0.15, 0.2) is 12.4 Å². The first-order valence-corrected chi connectivity index (χ1v) is 7.59. The van der Waals surface area contributed by atoms with Gasteiger partial charge >= 0.3 is 0 Å². The molecule has 0 aromatic carbocycles. The lowest BCUT2D eigenvalue weighted by Gasteiger charge is -2.35. The number of hydrogen-bond acceptors (Lipinski definition) is 4. The standard InChI is InChI=1S/C15H26N4O2/c1-11-5-17-19(7-11)8-12(2)16-6-15(20)18-9-13(3)21-14(4)10-18/h5,7,12-14,16H,6,8-10H2,1-4H3/t12-,13+,14+/m0/s1. The molecule has 3 atom stereocenters. The van der Waals surface area contributed by atoms with Gasteiger partial charge in [-0.25, -0.2) is 0 Å². The summed E-state index contributed by atoms with van der Waals surface area (Å²) in [6.45, 7) is 10.6. The summed E-state index contributed by atoms with van der Waals surface area (Å²) in [4.78, 5) is 14.1. The molecule has 2 rings (SSSR count). The molecule has 118 valence electrons. The van der Waals surface area contributed by atoms with E-state index in [1.807, 2.05) is 42.7 Å². The van der Waals surface area contributed by atoms with Gasteiger partial charge in [0.1, 0.15) is 0 Å². The summed E-state index contributed by atoms with van der Waals surface area (Å²) >= 11 is 0. The third kappa shape index (κ3) is 4.82. The largest absolute Gasteiger partial charge is 0.372 e. The van der Waals surface area contributed by atoms with Gasteiger partial charge in [0.2, 0.25) is 5.91 Å². The molecule has 1 aromatic rings. The number of carbonyl (C=O) groups excluding carboxylic acids is 1. The first kappa shape index (κ1) is 16.0. The second kappa shape index (κ2) is 7.04. The van der Waals surface area contributed by atoms with Crippen molar-refractivity contribution in [2.75, 3.05) is 19.6 Å². The van der Waals surface area contributed by atoms with Crippen LogP contribution in [0.25, 0.3) is 0 Å². The van der Waals surface area contributed by atoms with Crippen LogP contribution in [0.4, 0.5) is 0 Å². The van der Waals surface area contributed by atoms with E-state index in [4.69, 9.17) is 4.74 Å². The second-order valence-electron chi connectivity index (χ2n) is 6.08. The van der Waals surface area contributed by atoms with Crippen LogP contribution in [-0.4, -0.2) is 58.5 Å². The Morgan fingerprint density at radius 3 is 2.71 bits per heavy atom. The fraction of sp³-hybridized carbons (Fsp3) is 0.733. The van der Waals surface area contributed by atoms with Crippen molar-refractivity contribution in [2.45, 2.75) is 52.5 Å². The zero-order chi connectivity index (χ0) is 15.4. The Labute approximate surface area is 126 Å². The van der Waals surface area contributed by atoms with Crippen molar-refractivity contribution >= 4 is 5.91 Å². The van der Waals surface area contributed by atoms with Gasteiger partial charge in [0.25, 0.3) is 0 Å². The van der Waals surface area contributed by atoms with E-state index in [2.05, 4.69) is 17.3 Å². The third-order valence-corrected chi connectivity index (χ3v) is 3.60. The maximum absolute atomic E-state index is 12.2. The fourth-order valence-electron chi connectivity index (χ4n) is 2.67. The molecule has 1 amide bonds. The molecule has 0 radical (unpaired) electrons. The van der Waals surface area contributed by atoms with Crippen LogP contribution in [0, 0.1) is 6.92 Å². The number of nitrogens with zero attached hydrogens (tertiary/aromatic N) is 3. The van der Waals surface area contributed by atoms with E-state index in [1.54, 1.807) is 0 Å². The SMILES string of the molecule is Cc1cnn(C[C@H](C)NCC(=O)N2C[C@@H](C)O[C@H](C)C2)c1. The van der Waals surface area contributed by atoms with Crippen LogP contribution in [0.3, 0.4) is 0 Å². The molecule has 1 fully saturated rings. The molecule has 2 heterocycles. The highest BCUT2D eigenvalue weighted by Crippen LogP contribution is 2.10. The summed E-state index contributed by atoms with van der Waals surface area (Å²) in [5, 5.41) is 7.53. The molecule has 0 spiro atoms. The molecule has 6 heteroatoms. The first-order valence-electron chi connectivity index (χ1n) is 7.59. The predicted molar refractivity (Wildman–Crippen MR) is 81.0 cm³/mol. The quantitative estimate of drug-likeness (QED) is 0.873. The van der Waals surface area contributed by atoms with E-state index in [1.165, 1.54) is 0 Å². The first-order chi connectivity index (χ1) is 9.94. The maximum atomic E-state index is 12.2. The smallest absolute Gasteiger partial charge is 0.236 e. The van der Waals surface area contributed by atoms with E-state index in [-0.39, 0.29) is 24.2 Å². The van der Waals surface area contributed by atoms with Crippen molar-refractivity contribution in [3.05, 3.63) is 18.0 Å². The Morgan fingerprint density at radius 1 is 1.48 bits per heavy atom. The van der Waals surface area contributed by atoms with E-state index < -0.39 is 0 Å². The molecule has 0 unspecified atom stereocenters. The lowest BCUT2D eigenvalue weighted by molar-refractivity contribution is -0.142. The molecule has 1 aliphatic rings. The number of nitrogens with one attached hydrogen (secondary N) is 1. The monoisotopic (exact) mass is 294 g/mol. The van der Waals surface area contributed by atoms with E-state index in [0.717, 1.165) is 12.1 Å². The van der Waals surface area contributed by atoms with Crippen LogP contribution in [0.1, 0.15) is 26.3 Å². The number of aromatic nitrogens is 2. The average molecular weight is 294 g/mol. The Balaban J connectivity index is 1.75. The van der Waals surface area contributed by atoms with Gasteiger partial charge in [0.15, 0.2) is 0 Å². The number of hydrogen-bond donors (Lipinski definition) is 1. The van der Waals surface area contributed by atoms with Crippen molar-refractivity contribution in [1.82, 2.24) is 20.0 Å². The highest BCUT2D eigenvalue weighted by atomic mass is 16.5. The molecule has 6 nitrogen and oxygen atoms in total. The van der Waals surface area contributed by atoms with Crippen molar-refractivity contribution in [3.63, 3.8) is 0 Å². The van der Waals surface area contributed by atoms with Gasteiger partial charge in [-0.2, -0.15) is 5.10 Å². The van der Waals surface area contributed by atoms with Gasteiger partial charge in [0, 0.05) is 25.3 Å². The number of rotatable bonds is 5. The Kier molecular flexibility index (Phi) is 5.36. The molecule has 1 N–H and O–H groups in total. The zero-order valence-electron chi connectivity index (χ0n) is 13.4. The molecule has 1 aliphatic heterocycles. The molecule has 0 bridgehead atoms. The molecule has 1 saturated heterocycles. The minimum absolute atomic E-state index is 0.113. The second-order valence-corrected chi connectivity index (χ2v) is 6.08. The molecular weight excluding hydrogens is 268 g/mol. The molecule has 0 saturated carbocycles. The Hall–Kier alpha value is -1.40. The molecular formula is C15H26N4O2. The number of amides is 1. The van der Waals surface area contributed by atoms with E-state index >= 15 is 0 Å². The van der Waals surface area contributed by atoms with Gasteiger partial charge in [-0.1, -0.05) is 0 Å². The lowest BCUT2D eigenvalue weighted by Crippen LogP contribution is -2.51. The van der Waals surface area contributed by atoms with Gasteiger partial charge in [0.05, 0.1) is 31.5 Å². The van der Waals surface area contributed by atoms with Crippen LogP contribution in [-0.2, 0) is 16.1 Å². The van der Waals surface area contributed by atoms with Crippen LogP contribution < -0.4 is 5.32 Å². The molecule has 21 heavy (non-hydrogen) atoms. The number of aryl methyl sites for hydroxylation is 1. The van der Waals surface area contributed by atoms with Gasteiger partial charge in [-0.05, 0) is 33.3 Å². The summed E-state index contributed by atoms with van der Waals surface area (Å²) in [6.07, 6.45) is 4.07. The summed E-state index contributed by atoms with van der Waals surface area (Å²) in [7, 11) is 0. The van der Waals surface area contributed by atoms with Crippen molar-refractivity contribution in [3.8, 4) is 0 Å². The topological polar surface area (TPSA) is 59.4 Å². The zero-order valence-corrected chi connectivity index (χ0v) is 13.4. The fourth-order valence-corrected chi connectivity index (χ4v) is 2.67. The normalized spacial score (nSPS) is 24.1.